The number of nitrogens with one attached hydrogen (secondary N) is 2. The van der Waals surface area contributed by atoms with Crippen molar-refractivity contribution in [3.63, 3.8) is 0 Å². The van der Waals surface area contributed by atoms with Gasteiger partial charge in [-0.25, -0.2) is 0 Å². The number of aromatic nitrogens is 3. The molecule has 0 unspecified atom stereocenters. The van der Waals surface area contributed by atoms with Gasteiger partial charge in [0.2, 0.25) is 5.91 Å². The molecule has 0 saturated heterocycles. The van der Waals surface area contributed by atoms with Crippen molar-refractivity contribution in [2.45, 2.75) is 30.2 Å². The highest BCUT2D eigenvalue weighted by molar-refractivity contribution is 8.00. The van der Waals surface area contributed by atoms with Gasteiger partial charge < -0.3 is 15.2 Å². The molecule has 162 valence electrons. The summed E-state index contributed by atoms with van der Waals surface area (Å²) in [5.74, 6) is 0.493. The first-order chi connectivity index (χ1) is 15.0. The summed E-state index contributed by atoms with van der Waals surface area (Å²) in [6.07, 6.45) is 1.18. The van der Waals surface area contributed by atoms with Gasteiger partial charge in [-0.05, 0) is 42.8 Å². The largest absolute Gasteiger partial charge is 0.352 e. The number of hydrogen-bond acceptors (Lipinski definition) is 5. The SMILES string of the molecule is CC[C@H](Sc1nnc(CCNC(=O)c2ccc(Cl)cc2)n1C)C(=O)Nc1ccccc1. The molecule has 3 aromatic rings. The summed E-state index contributed by atoms with van der Waals surface area (Å²) < 4.78 is 1.86. The second kappa shape index (κ2) is 11.0. The second-order valence-electron chi connectivity index (χ2n) is 6.84. The second-order valence-corrected chi connectivity index (χ2v) is 8.45. The number of carbonyl (C=O) groups is 2. The zero-order valence-corrected chi connectivity index (χ0v) is 18.9. The number of hydrogen-bond donors (Lipinski definition) is 2. The van der Waals surface area contributed by atoms with Crippen molar-refractivity contribution >= 4 is 40.9 Å². The molecule has 0 fully saturated rings. The minimum Gasteiger partial charge on any atom is -0.352 e. The van der Waals surface area contributed by atoms with E-state index in [2.05, 4.69) is 20.8 Å². The molecule has 1 aromatic heterocycles. The van der Waals surface area contributed by atoms with Gasteiger partial charge in [0, 0.05) is 36.3 Å². The number of benzene rings is 2. The van der Waals surface area contributed by atoms with E-state index in [1.165, 1.54) is 11.8 Å². The molecule has 7 nitrogen and oxygen atoms in total. The molecule has 9 heteroatoms. The van der Waals surface area contributed by atoms with Crippen molar-refractivity contribution in [3.8, 4) is 0 Å². The van der Waals surface area contributed by atoms with E-state index in [9.17, 15) is 9.59 Å². The zero-order valence-electron chi connectivity index (χ0n) is 17.3. The third-order valence-corrected chi connectivity index (χ3v) is 6.27. The standard InChI is InChI=1S/C22H24ClN5O2S/c1-3-18(21(30)25-17-7-5-4-6-8-17)31-22-27-26-19(28(22)2)13-14-24-20(29)15-9-11-16(23)12-10-15/h4-12,18H,3,13-14H2,1-2H3,(H,24,29)(H,25,30)/t18-/m0/s1. The van der Waals surface area contributed by atoms with Crippen LogP contribution in [0.15, 0.2) is 59.8 Å². The molecule has 0 aliphatic rings. The zero-order chi connectivity index (χ0) is 22.2. The maximum Gasteiger partial charge on any atom is 0.251 e. The van der Waals surface area contributed by atoms with Crippen molar-refractivity contribution in [2.75, 3.05) is 11.9 Å². The lowest BCUT2D eigenvalue weighted by atomic mass is 10.2. The first-order valence-electron chi connectivity index (χ1n) is 9.92. The lowest BCUT2D eigenvalue weighted by molar-refractivity contribution is -0.115. The summed E-state index contributed by atoms with van der Waals surface area (Å²) in [5.41, 5.74) is 1.32. The third-order valence-electron chi connectivity index (χ3n) is 4.62. The molecule has 31 heavy (non-hydrogen) atoms. The fourth-order valence-corrected chi connectivity index (χ4v) is 3.91. The number of anilines is 1. The Bertz CT molecular complexity index is 1020. The Kier molecular flexibility index (Phi) is 8.08. The monoisotopic (exact) mass is 457 g/mol. The topological polar surface area (TPSA) is 88.9 Å². The van der Waals surface area contributed by atoms with E-state index in [1.807, 2.05) is 48.9 Å². The van der Waals surface area contributed by atoms with Crippen LogP contribution in [0.2, 0.25) is 5.02 Å². The van der Waals surface area contributed by atoms with E-state index in [-0.39, 0.29) is 17.1 Å². The molecule has 2 aromatic carbocycles. The summed E-state index contributed by atoms with van der Waals surface area (Å²) >= 11 is 7.23. The number of thioether (sulfide) groups is 1. The van der Waals surface area contributed by atoms with E-state index < -0.39 is 0 Å². The van der Waals surface area contributed by atoms with Gasteiger partial charge in [-0.2, -0.15) is 0 Å². The maximum absolute atomic E-state index is 12.6. The van der Waals surface area contributed by atoms with Crippen LogP contribution in [0.25, 0.3) is 0 Å². The van der Waals surface area contributed by atoms with Gasteiger partial charge in [0.05, 0.1) is 5.25 Å². The van der Waals surface area contributed by atoms with Crippen LogP contribution < -0.4 is 10.6 Å². The molecular weight excluding hydrogens is 434 g/mol. The van der Waals surface area contributed by atoms with E-state index in [0.717, 1.165) is 11.5 Å². The van der Waals surface area contributed by atoms with Crippen LogP contribution in [0, 0.1) is 0 Å². The Morgan fingerprint density at radius 2 is 1.81 bits per heavy atom. The number of rotatable bonds is 9. The highest BCUT2D eigenvalue weighted by atomic mass is 35.5. The van der Waals surface area contributed by atoms with Crippen LogP contribution in [-0.2, 0) is 18.3 Å². The highest BCUT2D eigenvalue weighted by Gasteiger charge is 2.21. The summed E-state index contributed by atoms with van der Waals surface area (Å²) in [6.45, 7) is 2.38. The Morgan fingerprint density at radius 1 is 1.10 bits per heavy atom. The summed E-state index contributed by atoms with van der Waals surface area (Å²) in [5, 5.41) is 15.2. The minimum atomic E-state index is -0.291. The smallest absolute Gasteiger partial charge is 0.251 e. The van der Waals surface area contributed by atoms with Crippen LogP contribution in [0.3, 0.4) is 0 Å². The quantitative estimate of drug-likeness (QED) is 0.475. The number of para-hydroxylation sites is 1. The van der Waals surface area contributed by atoms with Crippen molar-refractivity contribution in [1.29, 1.82) is 0 Å². The maximum atomic E-state index is 12.6. The molecule has 2 amide bonds. The van der Waals surface area contributed by atoms with Crippen molar-refractivity contribution in [3.05, 3.63) is 71.0 Å². The predicted octanol–water partition coefficient (Wildman–Crippen LogP) is 3.95. The first-order valence-corrected chi connectivity index (χ1v) is 11.2. The number of carbonyl (C=O) groups excluding carboxylic acids is 2. The summed E-state index contributed by atoms with van der Waals surface area (Å²) in [6, 6.07) is 16.1. The molecular formula is C22H24ClN5O2S. The van der Waals surface area contributed by atoms with Gasteiger partial charge in [-0.15, -0.1) is 10.2 Å². The van der Waals surface area contributed by atoms with E-state index >= 15 is 0 Å². The Labute approximate surface area is 190 Å². The number of halogens is 1. The molecule has 0 aliphatic heterocycles. The predicted molar refractivity (Wildman–Crippen MR) is 123 cm³/mol. The lowest BCUT2D eigenvalue weighted by Crippen LogP contribution is -2.26. The molecule has 1 heterocycles. The van der Waals surface area contributed by atoms with Crippen LogP contribution in [0.5, 0.6) is 0 Å². The van der Waals surface area contributed by atoms with Gasteiger partial charge >= 0.3 is 0 Å². The number of nitrogens with zero attached hydrogens (tertiary/aromatic N) is 3. The third kappa shape index (κ3) is 6.32. The minimum absolute atomic E-state index is 0.0709. The molecule has 0 aliphatic carbocycles. The van der Waals surface area contributed by atoms with Crippen LogP contribution >= 0.6 is 23.4 Å². The molecule has 1 atom stereocenters. The van der Waals surface area contributed by atoms with Crippen LogP contribution in [-0.4, -0.2) is 38.4 Å². The fourth-order valence-electron chi connectivity index (χ4n) is 2.85. The van der Waals surface area contributed by atoms with Gasteiger partial charge in [0.1, 0.15) is 5.82 Å². The Morgan fingerprint density at radius 3 is 2.48 bits per heavy atom. The van der Waals surface area contributed by atoms with Crippen molar-refractivity contribution < 1.29 is 9.59 Å². The van der Waals surface area contributed by atoms with Gasteiger partial charge in [0.15, 0.2) is 5.16 Å². The van der Waals surface area contributed by atoms with E-state index in [1.54, 1.807) is 24.3 Å². The Balaban J connectivity index is 1.54. The molecule has 0 saturated carbocycles. The normalized spacial score (nSPS) is 11.7. The van der Waals surface area contributed by atoms with Gasteiger partial charge in [0.25, 0.3) is 5.91 Å². The van der Waals surface area contributed by atoms with Crippen molar-refractivity contribution in [1.82, 2.24) is 20.1 Å². The average Bonchev–Trinajstić information content (AvgIpc) is 3.12. The molecule has 0 radical (unpaired) electrons. The Hall–Kier alpha value is -2.84. The lowest BCUT2D eigenvalue weighted by Gasteiger charge is -2.14. The highest BCUT2D eigenvalue weighted by Crippen LogP contribution is 2.25. The molecule has 0 bridgehead atoms. The number of amides is 2. The average molecular weight is 458 g/mol. The fraction of sp³-hybridized carbons (Fsp3) is 0.273. The van der Waals surface area contributed by atoms with Gasteiger partial charge in [-0.1, -0.05) is 48.5 Å². The molecule has 2 N–H and O–H groups in total. The molecule has 0 spiro atoms. The van der Waals surface area contributed by atoms with E-state index in [4.69, 9.17) is 11.6 Å². The first kappa shape index (κ1) is 22.8. The summed E-state index contributed by atoms with van der Waals surface area (Å²) in [4.78, 5) is 24.8. The van der Waals surface area contributed by atoms with Crippen LogP contribution in [0.4, 0.5) is 5.69 Å². The molecule has 3 rings (SSSR count). The van der Waals surface area contributed by atoms with Crippen LogP contribution in [0.1, 0.15) is 29.5 Å². The summed E-state index contributed by atoms with van der Waals surface area (Å²) in [7, 11) is 1.86. The van der Waals surface area contributed by atoms with Crippen molar-refractivity contribution in [2.24, 2.45) is 7.05 Å². The van der Waals surface area contributed by atoms with E-state index in [0.29, 0.717) is 35.1 Å². The van der Waals surface area contributed by atoms with Gasteiger partial charge in [-0.3, -0.25) is 9.59 Å².